The highest BCUT2D eigenvalue weighted by Crippen LogP contribution is 2.36. The summed E-state index contributed by atoms with van der Waals surface area (Å²) in [4.78, 5) is 19.7. The molecule has 0 unspecified atom stereocenters. The van der Waals surface area contributed by atoms with Crippen LogP contribution in [0.3, 0.4) is 0 Å². The van der Waals surface area contributed by atoms with Crippen LogP contribution in [-0.4, -0.2) is 58.0 Å². The van der Waals surface area contributed by atoms with Gasteiger partial charge < -0.3 is 18.9 Å². The molecule has 0 spiro atoms. The first-order chi connectivity index (χ1) is 20.0. The molecule has 16 heteroatoms. The molecule has 2 aromatic heterocycles. The predicted octanol–water partition coefficient (Wildman–Crippen LogP) is 4.78. The summed E-state index contributed by atoms with van der Waals surface area (Å²) in [6.07, 6.45) is -0.524. The van der Waals surface area contributed by atoms with Crippen molar-refractivity contribution in [3.8, 4) is 17.4 Å². The van der Waals surface area contributed by atoms with Crippen LogP contribution in [-0.2, 0) is 32.3 Å². The smallest absolute Gasteiger partial charge is 0.422 e. The van der Waals surface area contributed by atoms with Crippen molar-refractivity contribution < 1.29 is 45.3 Å². The number of amides is 1. The number of alkyl halides is 3. The number of methoxy groups -OCH3 is 1. The van der Waals surface area contributed by atoms with Crippen LogP contribution in [0.25, 0.3) is 6.08 Å². The van der Waals surface area contributed by atoms with Crippen LogP contribution in [0.15, 0.2) is 60.9 Å². The molecule has 0 fully saturated rings. The van der Waals surface area contributed by atoms with Crippen molar-refractivity contribution in [3.63, 3.8) is 0 Å². The number of halogens is 4. The fourth-order valence-corrected chi connectivity index (χ4v) is 4.09. The van der Waals surface area contributed by atoms with Crippen molar-refractivity contribution in [3.05, 3.63) is 82.8 Å². The molecule has 0 aliphatic rings. The van der Waals surface area contributed by atoms with Gasteiger partial charge in [0.2, 0.25) is 5.88 Å². The van der Waals surface area contributed by atoms with E-state index in [9.17, 15) is 26.4 Å². The Morgan fingerprint density at radius 3 is 2.62 bits per heavy atom. The average molecular weight is 631 g/mol. The Kier molecular flexibility index (Phi) is 11.9. The molecule has 0 aliphatic carbocycles. The average Bonchev–Trinajstić information content (AvgIpc) is 2.93. The molecule has 226 valence electrons. The van der Waals surface area contributed by atoms with Crippen LogP contribution in [0.4, 0.5) is 18.0 Å². The minimum absolute atomic E-state index is 0.00525. The number of hydrogen-bond donors (Lipinski definition) is 2. The summed E-state index contributed by atoms with van der Waals surface area (Å²) in [6, 6.07) is 10.5. The van der Waals surface area contributed by atoms with Gasteiger partial charge in [0.1, 0.15) is 29.7 Å². The first-order valence-electron chi connectivity index (χ1n) is 12.1. The molecule has 11 nitrogen and oxygen atoms in total. The summed E-state index contributed by atoms with van der Waals surface area (Å²) >= 11 is 5.98. The van der Waals surface area contributed by atoms with Gasteiger partial charge in [0.05, 0.1) is 12.2 Å². The summed E-state index contributed by atoms with van der Waals surface area (Å²) in [5.41, 5.74) is 0.0133. The lowest BCUT2D eigenvalue weighted by atomic mass is 10.1. The topological polar surface area (TPSA) is 138 Å². The molecule has 0 radical (unpaired) electrons. The number of benzene rings is 1. The van der Waals surface area contributed by atoms with E-state index in [2.05, 4.69) is 14.7 Å². The molecular weight excluding hydrogens is 605 g/mol. The van der Waals surface area contributed by atoms with E-state index in [0.29, 0.717) is 42.3 Å². The third-order valence-electron chi connectivity index (χ3n) is 5.11. The molecule has 3 aromatic rings. The quantitative estimate of drug-likeness (QED) is 0.241. The van der Waals surface area contributed by atoms with Crippen molar-refractivity contribution in [2.75, 3.05) is 33.5 Å². The van der Waals surface area contributed by atoms with Crippen LogP contribution < -0.4 is 18.9 Å². The number of aromatic nitrogens is 2. The maximum Gasteiger partial charge on any atom is 0.422 e. The Morgan fingerprint density at radius 2 is 1.93 bits per heavy atom. The van der Waals surface area contributed by atoms with Gasteiger partial charge in [-0.2, -0.15) is 26.3 Å². The highest BCUT2D eigenvalue weighted by Gasteiger charge is 2.32. The van der Waals surface area contributed by atoms with Gasteiger partial charge in [-0.05, 0) is 36.4 Å². The van der Waals surface area contributed by atoms with Gasteiger partial charge in [-0.1, -0.05) is 23.7 Å². The Morgan fingerprint density at radius 1 is 1.12 bits per heavy atom. The lowest BCUT2D eigenvalue weighted by Gasteiger charge is -2.13. The second kappa shape index (κ2) is 15.3. The number of ether oxygens (including phenoxy) is 4. The zero-order chi connectivity index (χ0) is 30.6. The number of hydrogen-bond acceptors (Lipinski definition) is 9. The molecule has 0 bridgehead atoms. The van der Waals surface area contributed by atoms with Crippen molar-refractivity contribution in [1.82, 2.24) is 19.4 Å². The molecular formula is C26H26ClF3N4O7S. The number of carbonyl (C=O) groups excluding carboxylic acids is 1. The summed E-state index contributed by atoms with van der Waals surface area (Å²) in [6.45, 7) is 0.193. The van der Waals surface area contributed by atoms with E-state index in [-0.39, 0.29) is 36.4 Å². The fourth-order valence-electron chi connectivity index (χ4n) is 3.17. The van der Waals surface area contributed by atoms with Crippen LogP contribution in [0.1, 0.15) is 16.8 Å². The number of carbonyl (C=O) groups is 1. The van der Waals surface area contributed by atoms with Crippen molar-refractivity contribution in [1.29, 1.82) is 0 Å². The molecule has 0 saturated carbocycles. The molecule has 1 amide bonds. The highest BCUT2D eigenvalue weighted by molar-refractivity contribution is 7.88. The van der Waals surface area contributed by atoms with Crippen LogP contribution in [0.5, 0.6) is 17.4 Å². The van der Waals surface area contributed by atoms with Gasteiger partial charge in [0.15, 0.2) is 0 Å². The number of nitrogens with one attached hydrogen (secondary N) is 2. The lowest BCUT2D eigenvalue weighted by Crippen LogP contribution is -2.41. The van der Waals surface area contributed by atoms with Crippen LogP contribution in [0.2, 0.25) is 5.02 Å². The van der Waals surface area contributed by atoms with E-state index in [1.54, 1.807) is 41.3 Å². The van der Waals surface area contributed by atoms with E-state index in [1.165, 1.54) is 25.3 Å². The van der Waals surface area contributed by atoms with Crippen molar-refractivity contribution in [2.24, 2.45) is 0 Å². The zero-order valence-corrected chi connectivity index (χ0v) is 23.6. The third-order valence-corrected chi connectivity index (χ3v) is 6.40. The summed E-state index contributed by atoms with van der Waals surface area (Å²) < 4.78 is 88.1. The van der Waals surface area contributed by atoms with E-state index in [0.717, 1.165) is 0 Å². The maximum absolute atomic E-state index is 13.0. The molecule has 0 atom stereocenters. The predicted molar refractivity (Wildman–Crippen MR) is 147 cm³/mol. The van der Waals surface area contributed by atoms with E-state index in [4.69, 9.17) is 30.5 Å². The molecule has 0 saturated heterocycles. The standard InChI is InChI=1S/C26H26ClF3N4O7S/c1-38-13-14-39-21-8-7-18(23(16-21)41-24-22(27)15-19(17-32-24)26(28,29)30)5-4-12-40-25(35)34-42(36,37)33-11-9-20-6-2-3-10-31-20/h2-8,10,15-17,33H,9,11-14H2,1H3,(H,34,35)/b5-4+. The monoisotopic (exact) mass is 630 g/mol. The highest BCUT2D eigenvalue weighted by atomic mass is 35.5. The van der Waals surface area contributed by atoms with Crippen LogP contribution >= 0.6 is 11.6 Å². The minimum Gasteiger partial charge on any atom is -0.491 e. The van der Waals surface area contributed by atoms with E-state index < -0.39 is 28.0 Å². The van der Waals surface area contributed by atoms with E-state index >= 15 is 0 Å². The fraction of sp³-hybridized carbons (Fsp3) is 0.269. The maximum atomic E-state index is 13.0. The number of rotatable bonds is 14. The normalized spacial score (nSPS) is 11.8. The van der Waals surface area contributed by atoms with Gasteiger partial charge >= 0.3 is 22.5 Å². The summed E-state index contributed by atoms with van der Waals surface area (Å²) in [7, 11) is -2.67. The Hall–Kier alpha value is -3.92. The molecule has 1 aromatic carbocycles. The largest absolute Gasteiger partial charge is 0.491 e. The van der Waals surface area contributed by atoms with Crippen molar-refractivity contribution >= 4 is 34.0 Å². The summed E-state index contributed by atoms with van der Waals surface area (Å²) in [5, 5.41) is -0.375. The summed E-state index contributed by atoms with van der Waals surface area (Å²) in [5.74, 6) is 0.183. The Balaban J connectivity index is 1.62. The SMILES string of the molecule is COCCOc1ccc(/C=C/COC(=O)NS(=O)(=O)NCCc2ccccn2)c(Oc2ncc(C(F)(F)F)cc2Cl)c1. The molecule has 2 heterocycles. The molecule has 2 N–H and O–H groups in total. The van der Waals surface area contributed by atoms with Crippen molar-refractivity contribution in [2.45, 2.75) is 12.6 Å². The second-order valence-corrected chi connectivity index (χ2v) is 10.1. The number of nitrogens with zero attached hydrogens (tertiary/aromatic N) is 2. The first kappa shape index (κ1) is 32.6. The van der Waals surface area contributed by atoms with Gasteiger partial charge in [-0.15, -0.1) is 0 Å². The zero-order valence-electron chi connectivity index (χ0n) is 22.1. The lowest BCUT2D eigenvalue weighted by molar-refractivity contribution is -0.137. The second-order valence-electron chi connectivity index (χ2n) is 8.22. The van der Waals surface area contributed by atoms with Gasteiger partial charge in [0.25, 0.3) is 0 Å². The Labute approximate surface area is 244 Å². The number of pyridine rings is 2. The Bertz CT molecular complexity index is 1480. The molecule has 42 heavy (non-hydrogen) atoms. The van der Waals surface area contributed by atoms with E-state index in [1.807, 2.05) is 0 Å². The molecule has 0 aliphatic heterocycles. The first-order valence-corrected chi connectivity index (χ1v) is 14.0. The third kappa shape index (κ3) is 10.8. The minimum atomic E-state index is -4.64. The van der Waals surface area contributed by atoms with Gasteiger partial charge in [0, 0.05) is 49.8 Å². The van der Waals surface area contributed by atoms with Gasteiger partial charge in [-0.25, -0.2) is 14.5 Å². The van der Waals surface area contributed by atoms with Crippen LogP contribution in [0, 0.1) is 0 Å². The molecule has 3 rings (SSSR count). The van der Waals surface area contributed by atoms with Gasteiger partial charge in [-0.3, -0.25) is 4.98 Å².